The van der Waals surface area contributed by atoms with E-state index in [-0.39, 0.29) is 11.9 Å². The van der Waals surface area contributed by atoms with Gasteiger partial charge < -0.3 is 10.1 Å². The van der Waals surface area contributed by atoms with Crippen molar-refractivity contribution in [3.63, 3.8) is 0 Å². The van der Waals surface area contributed by atoms with Gasteiger partial charge in [0, 0.05) is 7.11 Å². The highest BCUT2D eigenvalue weighted by Crippen LogP contribution is 2.38. The molecule has 1 N–H and O–H groups in total. The molecule has 0 bridgehead atoms. The lowest BCUT2D eigenvalue weighted by molar-refractivity contribution is -0.132. The van der Waals surface area contributed by atoms with Crippen LogP contribution >= 0.6 is 0 Å². The molecule has 21 heavy (non-hydrogen) atoms. The van der Waals surface area contributed by atoms with Crippen LogP contribution < -0.4 is 5.32 Å². The van der Waals surface area contributed by atoms with Crippen molar-refractivity contribution in [3.05, 3.63) is 35.4 Å². The van der Waals surface area contributed by atoms with Gasteiger partial charge in [0.15, 0.2) is 0 Å². The number of imide groups is 1. The number of hydrogen-bond donors (Lipinski definition) is 1. The summed E-state index contributed by atoms with van der Waals surface area (Å²) >= 11 is 0. The van der Waals surface area contributed by atoms with Gasteiger partial charge in [-0.2, -0.15) is 0 Å². The molecule has 3 rings (SSSR count). The normalized spacial score (nSPS) is 24.9. The highest BCUT2D eigenvalue weighted by molar-refractivity contribution is 6.07. The van der Waals surface area contributed by atoms with Gasteiger partial charge in [-0.15, -0.1) is 0 Å². The molecule has 1 aromatic carbocycles. The first-order valence-corrected chi connectivity index (χ1v) is 7.40. The third-order valence-corrected chi connectivity index (χ3v) is 4.42. The number of carbonyl (C=O) groups is 2. The molecule has 1 unspecified atom stereocenters. The second kappa shape index (κ2) is 5.48. The number of benzene rings is 1. The third kappa shape index (κ3) is 2.21. The molecule has 0 saturated carbocycles. The molecule has 0 radical (unpaired) electrons. The van der Waals surface area contributed by atoms with E-state index in [0.717, 1.165) is 30.4 Å². The molecular formula is C16H20N2O3. The van der Waals surface area contributed by atoms with Gasteiger partial charge in [0.25, 0.3) is 5.91 Å². The Hall–Kier alpha value is -1.88. The lowest BCUT2D eigenvalue weighted by Gasteiger charge is -2.27. The van der Waals surface area contributed by atoms with Crippen molar-refractivity contribution in [1.29, 1.82) is 0 Å². The Morgan fingerprint density at radius 1 is 1.29 bits per heavy atom. The Kier molecular flexibility index (Phi) is 3.68. The van der Waals surface area contributed by atoms with Crippen molar-refractivity contribution in [1.82, 2.24) is 10.2 Å². The highest BCUT2D eigenvalue weighted by atomic mass is 16.5. The van der Waals surface area contributed by atoms with E-state index in [1.807, 2.05) is 18.2 Å². The van der Waals surface area contributed by atoms with Gasteiger partial charge in [0.05, 0.1) is 13.2 Å². The van der Waals surface area contributed by atoms with E-state index in [4.69, 9.17) is 4.74 Å². The van der Waals surface area contributed by atoms with Crippen molar-refractivity contribution in [2.75, 3.05) is 20.3 Å². The smallest absolute Gasteiger partial charge is 0.325 e. The van der Waals surface area contributed by atoms with Crippen molar-refractivity contribution in [2.24, 2.45) is 0 Å². The summed E-state index contributed by atoms with van der Waals surface area (Å²) < 4.78 is 5.00. The minimum Gasteiger partial charge on any atom is -0.383 e. The van der Waals surface area contributed by atoms with Gasteiger partial charge in [-0.1, -0.05) is 24.3 Å². The summed E-state index contributed by atoms with van der Waals surface area (Å²) in [5, 5.41) is 2.96. The fourth-order valence-corrected chi connectivity index (χ4v) is 3.36. The quantitative estimate of drug-likeness (QED) is 0.863. The number of rotatable bonds is 3. The summed E-state index contributed by atoms with van der Waals surface area (Å²) in [4.78, 5) is 26.4. The van der Waals surface area contributed by atoms with Crippen LogP contribution in [0.1, 0.15) is 30.4 Å². The third-order valence-electron chi connectivity index (χ3n) is 4.42. The Morgan fingerprint density at radius 3 is 2.90 bits per heavy atom. The van der Waals surface area contributed by atoms with Crippen LogP contribution in [0.2, 0.25) is 0 Å². The van der Waals surface area contributed by atoms with E-state index in [0.29, 0.717) is 19.6 Å². The summed E-state index contributed by atoms with van der Waals surface area (Å²) in [5.74, 6) is -0.140. The SMILES string of the molecule is COCCN1C(=O)NC2(CCCCc3ccccc32)C1=O. The van der Waals surface area contributed by atoms with Gasteiger partial charge in [-0.05, 0) is 36.8 Å². The van der Waals surface area contributed by atoms with Crippen LogP contribution in [0.3, 0.4) is 0 Å². The number of hydrogen-bond acceptors (Lipinski definition) is 3. The molecule has 1 spiro atoms. The fourth-order valence-electron chi connectivity index (χ4n) is 3.36. The predicted molar refractivity (Wildman–Crippen MR) is 77.8 cm³/mol. The van der Waals surface area contributed by atoms with Crippen molar-refractivity contribution in [3.8, 4) is 0 Å². The monoisotopic (exact) mass is 288 g/mol. The number of amides is 3. The molecule has 1 heterocycles. The van der Waals surface area contributed by atoms with Gasteiger partial charge >= 0.3 is 6.03 Å². The van der Waals surface area contributed by atoms with Crippen LogP contribution in [0.5, 0.6) is 0 Å². The van der Waals surface area contributed by atoms with E-state index < -0.39 is 5.54 Å². The van der Waals surface area contributed by atoms with Crippen LogP contribution in [0.4, 0.5) is 4.79 Å². The molecule has 0 aromatic heterocycles. The first kappa shape index (κ1) is 14.1. The first-order chi connectivity index (χ1) is 10.2. The number of fused-ring (bicyclic) bond motifs is 2. The molecular weight excluding hydrogens is 268 g/mol. The number of nitrogens with zero attached hydrogens (tertiary/aromatic N) is 1. The van der Waals surface area contributed by atoms with Crippen LogP contribution in [0, 0.1) is 0 Å². The van der Waals surface area contributed by atoms with Gasteiger partial charge in [-0.3, -0.25) is 9.69 Å². The second-order valence-corrected chi connectivity index (χ2v) is 5.65. The number of nitrogens with one attached hydrogen (secondary N) is 1. The molecule has 1 fully saturated rings. The van der Waals surface area contributed by atoms with Crippen LogP contribution in [-0.2, 0) is 21.5 Å². The van der Waals surface area contributed by atoms with Crippen molar-refractivity contribution >= 4 is 11.9 Å². The molecule has 112 valence electrons. The average molecular weight is 288 g/mol. The summed E-state index contributed by atoms with van der Waals surface area (Å²) in [5.41, 5.74) is 1.25. The zero-order valence-electron chi connectivity index (χ0n) is 12.2. The maximum absolute atomic E-state index is 12.9. The number of aryl methyl sites for hydroxylation is 1. The number of urea groups is 1. The summed E-state index contributed by atoms with van der Waals surface area (Å²) in [6.45, 7) is 0.655. The number of ether oxygens (including phenoxy) is 1. The molecule has 5 heteroatoms. The average Bonchev–Trinajstić information content (AvgIpc) is 2.64. The standard InChI is InChI=1S/C16H20N2O3/c1-21-11-10-18-14(19)16(17-15(18)20)9-5-4-7-12-6-2-3-8-13(12)16/h2-3,6,8H,4-5,7,9-11H2,1H3,(H,17,20). The van der Waals surface area contributed by atoms with Crippen molar-refractivity contribution in [2.45, 2.75) is 31.2 Å². The lowest BCUT2D eigenvalue weighted by atomic mass is 9.84. The van der Waals surface area contributed by atoms with Crippen LogP contribution in [0.25, 0.3) is 0 Å². The maximum Gasteiger partial charge on any atom is 0.325 e. The highest BCUT2D eigenvalue weighted by Gasteiger charge is 2.52. The van der Waals surface area contributed by atoms with E-state index >= 15 is 0 Å². The topological polar surface area (TPSA) is 58.6 Å². The number of methoxy groups -OCH3 is 1. The van der Waals surface area contributed by atoms with E-state index in [2.05, 4.69) is 11.4 Å². The van der Waals surface area contributed by atoms with Gasteiger partial charge in [0.1, 0.15) is 5.54 Å². The zero-order chi connectivity index (χ0) is 14.9. The molecule has 5 nitrogen and oxygen atoms in total. The second-order valence-electron chi connectivity index (χ2n) is 5.65. The summed E-state index contributed by atoms with van der Waals surface area (Å²) in [7, 11) is 1.56. The molecule has 1 atom stereocenters. The summed E-state index contributed by atoms with van der Waals surface area (Å²) in [6, 6.07) is 7.64. The lowest BCUT2D eigenvalue weighted by Crippen LogP contribution is -2.44. The molecule has 1 saturated heterocycles. The maximum atomic E-state index is 12.9. The Labute approximate surface area is 124 Å². The van der Waals surface area contributed by atoms with Crippen LogP contribution in [0.15, 0.2) is 24.3 Å². The molecule has 1 aliphatic heterocycles. The minimum absolute atomic E-state index is 0.140. The molecule has 1 aromatic rings. The van der Waals surface area contributed by atoms with Gasteiger partial charge in [-0.25, -0.2) is 4.79 Å². The Morgan fingerprint density at radius 2 is 2.10 bits per heavy atom. The Balaban J connectivity index is 2.01. The van der Waals surface area contributed by atoms with Crippen molar-refractivity contribution < 1.29 is 14.3 Å². The van der Waals surface area contributed by atoms with E-state index in [9.17, 15) is 9.59 Å². The van der Waals surface area contributed by atoms with E-state index in [1.165, 1.54) is 4.90 Å². The zero-order valence-corrected chi connectivity index (χ0v) is 12.2. The predicted octanol–water partition coefficient (Wildman–Crippen LogP) is 1.81. The minimum atomic E-state index is -0.877. The van der Waals surface area contributed by atoms with Crippen LogP contribution in [-0.4, -0.2) is 37.1 Å². The number of carbonyl (C=O) groups excluding carboxylic acids is 2. The molecule has 2 aliphatic rings. The van der Waals surface area contributed by atoms with E-state index in [1.54, 1.807) is 7.11 Å². The molecule has 3 amide bonds. The summed E-state index contributed by atoms with van der Waals surface area (Å²) in [6.07, 6.45) is 3.59. The fraction of sp³-hybridized carbons (Fsp3) is 0.500. The first-order valence-electron chi connectivity index (χ1n) is 7.40. The Bertz CT molecular complexity index is 572. The molecule has 1 aliphatic carbocycles. The van der Waals surface area contributed by atoms with Gasteiger partial charge in [0.2, 0.25) is 0 Å². The largest absolute Gasteiger partial charge is 0.383 e.